The minimum absolute atomic E-state index is 0.0408. The van der Waals surface area contributed by atoms with Gasteiger partial charge in [0.2, 0.25) is 5.91 Å². The molecule has 7 heteroatoms. The number of hydrogen-bond acceptors (Lipinski definition) is 4. The second-order valence-corrected chi connectivity index (χ2v) is 6.73. The van der Waals surface area contributed by atoms with Crippen LogP contribution in [0.15, 0.2) is 18.2 Å². The number of nitrogens with one attached hydrogen (secondary N) is 1. The van der Waals surface area contributed by atoms with Crippen LogP contribution < -0.4 is 5.32 Å². The van der Waals surface area contributed by atoms with Crippen molar-refractivity contribution < 1.29 is 14.1 Å². The Bertz CT molecular complexity index is 624. The van der Waals surface area contributed by atoms with Gasteiger partial charge in [-0.25, -0.2) is 4.39 Å². The number of nitro benzene ring substituents is 1. The highest BCUT2D eigenvalue weighted by Gasteiger charge is 2.31. The summed E-state index contributed by atoms with van der Waals surface area (Å²) in [5.74, 6) is -0.570. The first-order valence-corrected chi connectivity index (χ1v) is 8.87. The molecule has 0 saturated carbocycles. The largest absolute Gasteiger partial charge is 0.356 e. The van der Waals surface area contributed by atoms with Gasteiger partial charge in [-0.15, -0.1) is 0 Å². The third-order valence-electron chi connectivity index (χ3n) is 4.82. The number of carbonyl (C=O) groups is 1. The van der Waals surface area contributed by atoms with E-state index in [2.05, 4.69) is 12.2 Å². The molecule has 1 aliphatic rings. The zero-order valence-electron chi connectivity index (χ0n) is 14.8. The smallest absolute Gasteiger partial charge is 0.274 e. The van der Waals surface area contributed by atoms with E-state index in [-0.39, 0.29) is 30.1 Å². The van der Waals surface area contributed by atoms with Crippen molar-refractivity contribution in [3.63, 3.8) is 0 Å². The minimum Gasteiger partial charge on any atom is -0.356 e. The lowest BCUT2D eigenvalue weighted by Crippen LogP contribution is -2.46. The summed E-state index contributed by atoms with van der Waals surface area (Å²) in [5.41, 5.74) is 0.270. The van der Waals surface area contributed by atoms with Gasteiger partial charge in [0.1, 0.15) is 5.82 Å². The summed E-state index contributed by atoms with van der Waals surface area (Å²) in [7, 11) is 0. The lowest BCUT2D eigenvalue weighted by atomic mass is 9.92. The fourth-order valence-corrected chi connectivity index (χ4v) is 3.22. The molecule has 0 unspecified atom stereocenters. The van der Waals surface area contributed by atoms with E-state index in [0.29, 0.717) is 18.7 Å². The number of amides is 1. The van der Waals surface area contributed by atoms with Gasteiger partial charge in [0, 0.05) is 37.3 Å². The summed E-state index contributed by atoms with van der Waals surface area (Å²) >= 11 is 0. The molecular formula is C18H26FN3O3. The highest BCUT2D eigenvalue weighted by Crippen LogP contribution is 2.27. The third kappa shape index (κ3) is 5.22. The molecule has 1 aromatic rings. The molecule has 0 aliphatic carbocycles. The van der Waals surface area contributed by atoms with Gasteiger partial charge >= 0.3 is 0 Å². The fraction of sp³-hybridized carbons (Fsp3) is 0.611. The zero-order valence-corrected chi connectivity index (χ0v) is 14.8. The number of rotatable bonds is 7. The summed E-state index contributed by atoms with van der Waals surface area (Å²) in [6.07, 6.45) is 3.63. The number of likely N-dealkylation sites (tertiary alicyclic amines) is 1. The van der Waals surface area contributed by atoms with Crippen molar-refractivity contribution in [3.05, 3.63) is 39.7 Å². The van der Waals surface area contributed by atoms with Crippen LogP contribution >= 0.6 is 0 Å². The van der Waals surface area contributed by atoms with Crippen molar-refractivity contribution in [2.24, 2.45) is 5.92 Å². The Balaban J connectivity index is 2.06. The van der Waals surface area contributed by atoms with E-state index in [9.17, 15) is 19.3 Å². The lowest BCUT2D eigenvalue weighted by molar-refractivity contribution is -0.385. The Morgan fingerprint density at radius 2 is 2.20 bits per heavy atom. The van der Waals surface area contributed by atoms with E-state index >= 15 is 0 Å². The Labute approximate surface area is 147 Å². The second-order valence-electron chi connectivity index (χ2n) is 6.73. The molecule has 1 amide bonds. The van der Waals surface area contributed by atoms with Gasteiger partial charge in [-0.2, -0.15) is 0 Å². The topological polar surface area (TPSA) is 75.5 Å². The molecule has 0 aromatic heterocycles. The van der Waals surface area contributed by atoms with Crippen molar-refractivity contribution in [1.29, 1.82) is 0 Å². The quantitative estimate of drug-likeness (QED) is 0.465. The van der Waals surface area contributed by atoms with Crippen LogP contribution in [-0.2, 0) is 11.3 Å². The van der Waals surface area contributed by atoms with Crippen LogP contribution in [0.4, 0.5) is 10.1 Å². The zero-order chi connectivity index (χ0) is 18.4. The molecular weight excluding hydrogens is 325 g/mol. The predicted octanol–water partition coefficient (Wildman–Crippen LogP) is 3.25. The first-order valence-electron chi connectivity index (χ1n) is 8.87. The first-order chi connectivity index (χ1) is 11.9. The first kappa shape index (κ1) is 19.3. The van der Waals surface area contributed by atoms with E-state index in [0.717, 1.165) is 31.7 Å². The van der Waals surface area contributed by atoms with Crippen molar-refractivity contribution in [3.8, 4) is 0 Å². The van der Waals surface area contributed by atoms with Gasteiger partial charge in [0.15, 0.2) is 0 Å². The monoisotopic (exact) mass is 351 g/mol. The van der Waals surface area contributed by atoms with Crippen LogP contribution in [0, 0.1) is 21.8 Å². The van der Waals surface area contributed by atoms with Crippen molar-refractivity contribution in [2.45, 2.75) is 52.1 Å². The molecule has 1 saturated heterocycles. The maximum Gasteiger partial charge on any atom is 0.274 e. The number of halogens is 1. The Kier molecular flexibility index (Phi) is 6.87. The number of benzene rings is 1. The average Bonchev–Trinajstić information content (AvgIpc) is 2.56. The molecule has 0 bridgehead atoms. The molecule has 0 spiro atoms. The summed E-state index contributed by atoms with van der Waals surface area (Å²) < 4.78 is 13.5. The van der Waals surface area contributed by atoms with Crippen LogP contribution in [0.3, 0.4) is 0 Å². The van der Waals surface area contributed by atoms with Crippen molar-refractivity contribution in [2.75, 3.05) is 13.1 Å². The second kappa shape index (κ2) is 8.89. The number of piperidine rings is 1. The van der Waals surface area contributed by atoms with Crippen LogP contribution in [0.2, 0.25) is 0 Å². The number of unbranched alkanes of at least 4 members (excludes halogenated alkanes) is 1. The van der Waals surface area contributed by atoms with E-state index in [4.69, 9.17) is 0 Å². The maximum atomic E-state index is 13.5. The molecule has 0 radical (unpaired) electrons. The molecule has 138 valence electrons. The molecule has 2 rings (SSSR count). The van der Waals surface area contributed by atoms with Gasteiger partial charge < -0.3 is 5.32 Å². The standard InChI is InChI=1S/C18H26FN3O3/c1-3-4-9-20-18(23)14-6-5-13(2)21(11-14)12-15-10-16(19)7-8-17(15)22(24)25/h7-8,10,13-14H,3-6,9,11-12H2,1-2H3,(H,20,23)/t13-,14-/m1/s1. The van der Waals surface area contributed by atoms with E-state index in [1.54, 1.807) is 0 Å². The minimum atomic E-state index is -0.488. The molecule has 1 N–H and O–H groups in total. The Hall–Kier alpha value is -2.02. The summed E-state index contributed by atoms with van der Waals surface area (Å²) in [6, 6.07) is 3.72. The summed E-state index contributed by atoms with van der Waals surface area (Å²) in [6.45, 7) is 5.59. The molecule has 25 heavy (non-hydrogen) atoms. The van der Waals surface area contributed by atoms with Crippen LogP contribution in [-0.4, -0.2) is 34.9 Å². The van der Waals surface area contributed by atoms with Gasteiger partial charge in [0.25, 0.3) is 5.69 Å². The maximum absolute atomic E-state index is 13.5. The average molecular weight is 351 g/mol. The molecule has 1 fully saturated rings. The number of carbonyl (C=O) groups excluding carboxylic acids is 1. The van der Waals surface area contributed by atoms with Gasteiger partial charge in [-0.1, -0.05) is 13.3 Å². The van der Waals surface area contributed by atoms with E-state index in [1.807, 2.05) is 11.8 Å². The number of nitro groups is 1. The highest BCUT2D eigenvalue weighted by molar-refractivity contribution is 5.78. The summed E-state index contributed by atoms with van der Waals surface area (Å²) in [5, 5.41) is 14.1. The number of nitrogens with zero attached hydrogens (tertiary/aromatic N) is 2. The lowest BCUT2D eigenvalue weighted by Gasteiger charge is -2.37. The van der Waals surface area contributed by atoms with Crippen LogP contribution in [0.5, 0.6) is 0 Å². The third-order valence-corrected chi connectivity index (χ3v) is 4.82. The van der Waals surface area contributed by atoms with E-state index in [1.165, 1.54) is 12.1 Å². The molecule has 2 atom stereocenters. The Morgan fingerprint density at radius 3 is 2.88 bits per heavy atom. The van der Waals surface area contributed by atoms with Crippen LogP contribution in [0.25, 0.3) is 0 Å². The Morgan fingerprint density at radius 1 is 1.44 bits per heavy atom. The number of hydrogen-bond donors (Lipinski definition) is 1. The van der Waals surface area contributed by atoms with Crippen LogP contribution in [0.1, 0.15) is 45.1 Å². The highest BCUT2D eigenvalue weighted by atomic mass is 19.1. The van der Waals surface area contributed by atoms with E-state index < -0.39 is 10.7 Å². The van der Waals surface area contributed by atoms with Gasteiger partial charge in [0.05, 0.1) is 10.8 Å². The van der Waals surface area contributed by atoms with Gasteiger partial charge in [-0.05, 0) is 38.3 Å². The molecule has 1 heterocycles. The molecule has 6 nitrogen and oxygen atoms in total. The molecule has 1 aromatic carbocycles. The predicted molar refractivity (Wildman–Crippen MR) is 93.6 cm³/mol. The fourth-order valence-electron chi connectivity index (χ4n) is 3.22. The van der Waals surface area contributed by atoms with Crippen molar-refractivity contribution in [1.82, 2.24) is 10.2 Å². The summed E-state index contributed by atoms with van der Waals surface area (Å²) in [4.78, 5) is 25.0. The van der Waals surface area contributed by atoms with Gasteiger partial charge in [-0.3, -0.25) is 19.8 Å². The normalized spacial score (nSPS) is 21.1. The van der Waals surface area contributed by atoms with Crippen molar-refractivity contribution >= 4 is 11.6 Å². The molecule has 1 aliphatic heterocycles. The SMILES string of the molecule is CCCCNC(=O)[C@@H]1CC[C@@H](C)N(Cc2cc(F)ccc2[N+](=O)[O-])C1.